The molecule has 2 aromatic rings. The summed E-state index contributed by atoms with van der Waals surface area (Å²) >= 11 is 0. The number of carbonyl (C=O) groups excluding carboxylic acids is 1. The van der Waals surface area contributed by atoms with E-state index in [9.17, 15) is 4.79 Å². The molecule has 0 aliphatic carbocycles. The zero-order valence-corrected chi connectivity index (χ0v) is 14.1. The predicted octanol–water partition coefficient (Wildman–Crippen LogP) is 1.87. The van der Waals surface area contributed by atoms with E-state index < -0.39 is 0 Å². The van der Waals surface area contributed by atoms with Crippen LogP contribution in [-0.2, 0) is 9.53 Å². The Morgan fingerprint density at radius 1 is 1.33 bits per heavy atom. The number of nitrogens with one attached hydrogen (secondary N) is 2. The van der Waals surface area contributed by atoms with Gasteiger partial charge >= 0.3 is 0 Å². The maximum Gasteiger partial charge on any atom is 0.238 e. The van der Waals surface area contributed by atoms with Crippen LogP contribution in [0.25, 0.3) is 11.4 Å². The summed E-state index contributed by atoms with van der Waals surface area (Å²) in [6.07, 6.45) is 0. The molecule has 2 heterocycles. The molecule has 1 aliphatic heterocycles. The molecule has 2 N–H and O–H groups in total. The molecular weight excluding hydrogens is 306 g/mol. The monoisotopic (exact) mass is 329 g/mol. The highest BCUT2D eigenvalue weighted by atomic mass is 16.5. The molecule has 1 fully saturated rings. The Morgan fingerprint density at radius 3 is 2.79 bits per heavy atom. The number of H-pyrrole nitrogens is 1. The van der Waals surface area contributed by atoms with Gasteiger partial charge in [-0.3, -0.25) is 14.8 Å². The zero-order chi connectivity index (χ0) is 16.9. The Morgan fingerprint density at radius 2 is 2.08 bits per heavy atom. The second kappa shape index (κ2) is 7.55. The molecule has 3 rings (SSSR count). The fourth-order valence-electron chi connectivity index (χ4n) is 2.59. The Hall–Kier alpha value is -2.25. The van der Waals surface area contributed by atoms with E-state index in [-0.39, 0.29) is 11.8 Å². The first kappa shape index (κ1) is 16.6. The van der Waals surface area contributed by atoms with Gasteiger partial charge in [0.2, 0.25) is 5.91 Å². The zero-order valence-electron chi connectivity index (χ0n) is 14.1. The van der Waals surface area contributed by atoms with E-state index in [4.69, 9.17) is 4.74 Å². The lowest BCUT2D eigenvalue weighted by atomic mass is 10.1. The van der Waals surface area contributed by atoms with Crippen molar-refractivity contribution in [2.75, 3.05) is 38.2 Å². The van der Waals surface area contributed by atoms with E-state index in [0.717, 1.165) is 30.2 Å². The molecule has 1 saturated heterocycles. The summed E-state index contributed by atoms with van der Waals surface area (Å²) in [6, 6.07) is 7.60. The second-order valence-corrected chi connectivity index (χ2v) is 6.18. The van der Waals surface area contributed by atoms with Crippen molar-refractivity contribution in [2.45, 2.75) is 19.8 Å². The first-order valence-electron chi connectivity index (χ1n) is 8.25. The van der Waals surface area contributed by atoms with Gasteiger partial charge in [-0.2, -0.15) is 5.10 Å². The van der Waals surface area contributed by atoms with Gasteiger partial charge in [-0.25, -0.2) is 4.98 Å². The number of carbonyl (C=O) groups is 1. The highest BCUT2D eigenvalue weighted by molar-refractivity contribution is 5.95. The number of nitrogens with zero attached hydrogens (tertiary/aromatic N) is 3. The number of ether oxygens (including phenoxy) is 1. The molecule has 0 atom stereocenters. The average Bonchev–Trinajstić information content (AvgIpc) is 3.06. The van der Waals surface area contributed by atoms with Gasteiger partial charge in [0.15, 0.2) is 5.82 Å². The van der Waals surface area contributed by atoms with Crippen LogP contribution in [0.3, 0.4) is 0 Å². The smallest absolute Gasteiger partial charge is 0.238 e. The molecule has 0 radical (unpaired) electrons. The number of benzene rings is 1. The van der Waals surface area contributed by atoms with Gasteiger partial charge < -0.3 is 10.1 Å². The minimum absolute atomic E-state index is 0.0380. The molecule has 0 saturated carbocycles. The Bertz CT molecular complexity index is 692. The number of para-hydroxylation sites is 1. The molecule has 1 aliphatic rings. The summed E-state index contributed by atoms with van der Waals surface area (Å²) in [5.41, 5.74) is 1.54. The summed E-state index contributed by atoms with van der Waals surface area (Å²) in [5.74, 6) is 1.67. The highest BCUT2D eigenvalue weighted by Gasteiger charge is 2.17. The van der Waals surface area contributed by atoms with Gasteiger partial charge in [-0.05, 0) is 12.1 Å². The van der Waals surface area contributed by atoms with Crippen LogP contribution in [0.15, 0.2) is 24.3 Å². The molecule has 24 heavy (non-hydrogen) atoms. The van der Waals surface area contributed by atoms with Gasteiger partial charge in [0, 0.05) is 24.6 Å². The summed E-state index contributed by atoms with van der Waals surface area (Å²) in [5, 5.41) is 10.2. The van der Waals surface area contributed by atoms with Crippen LogP contribution in [0.1, 0.15) is 25.6 Å². The predicted molar refractivity (Wildman–Crippen MR) is 91.8 cm³/mol. The first-order valence-corrected chi connectivity index (χ1v) is 8.25. The van der Waals surface area contributed by atoms with Gasteiger partial charge in [0.25, 0.3) is 0 Å². The van der Waals surface area contributed by atoms with Crippen molar-refractivity contribution < 1.29 is 9.53 Å². The molecule has 128 valence electrons. The van der Waals surface area contributed by atoms with Gasteiger partial charge in [0.05, 0.1) is 25.4 Å². The third kappa shape index (κ3) is 3.98. The topological polar surface area (TPSA) is 83.1 Å². The molecule has 1 aromatic heterocycles. The Balaban J connectivity index is 1.72. The molecular formula is C17H23N5O2. The molecule has 7 heteroatoms. The maximum absolute atomic E-state index is 12.3. The summed E-state index contributed by atoms with van der Waals surface area (Å²) in [7, 11) is 0. The fourth-order valence-corrected chi connectivity index (χ4v) is 2.59. The fraction of sp³-hybridized carbons (Fsp3) is 0.471. The summed E-state index contributed by atoms with van der Waals surface area (Å²) in [6.45, 7) is 7.41. The van der Waals surface area contributed by atoms with Crippen molar-refractivity contribution >= 4 is 11.6 Å². The van der Waals surface area contributed by atoms with E-state index >= 15 is 0 Å². The highest BCUT2D eigenvalue weighted by Crippen LogP contribution is 2.25. The van der Waals surface area contributed by atoms with Crippen LogP contribution < -0.4 is 5.32 Å². The van der Waals surface area contributed by atoms with Crippen LogP contribution in [0.2, 0.25) is 0 Å². The van der Waals surface area contributed by atoms with Crippen molar-refractivity contribution in [1.29, 1.82) is 0 Å². The van der Waals surface area contributed by atoms with Crippen LogP contribution in [0, 0.1) is 0 Å². The van der Waals surface area contributed by atoms with E-state index in [1.807, 2.05) is 24.3 Å². The van der Waals surface area contributed by atoms with Crippen LogP contribution >= 0.6 is 0 Å². The van der Waals surface area contributed by atoms with Gasteiger partial charge in [-0.1, -0.05) is 26.0 Å². The van der Waals surface area contributed by atoms with Crippen LogP contribution in [0.4, 0.5) is 5.69 Å². The van der Waals surface area contributed by atoms with Crippen molar-refractivity contribution in [1.82, 2.24) is 20.1 Å². The van der Waals surface area contributed by atoms with Crippen molar-refractivity contribution in [3.8, 4) is 11.4 Å². The van der Waals surface area contributed by atoms with Gasteiger partial charge in [0.1, 0.15) is 5.82 Å². The van der Waals surface area contributed by atoms with Crippen molar-refractivity contribution in [3.63, 3.8) is 0 Å². The van der Waals surface area contributed by atoms with E-state index in [1.54, 1.807) is 0 Å². The van der Waals surface area contributed by atoms with E-state index in [0.29, 0.717) is 25.6 Å². The second-order valence-electron chi connectivity index (χ2n) is 6.18. The number of anilines is 1. The molecule has 1 amide bonds. The van der Waals surface area contributed by atoms with Crippen molar-refractivity contribution in [3.05, 3.63) is 30.1 Å². The largest absolute Gasteiger partial charge is 0.379 e. The Kier molecular flexibility index (Phi) is 5.22. The van der Waals surface area contributed by atoms with Gasteiger partial charge in [-0.15, -0.1) is 0 Å². The van der Waals surface area contributed by atoms with E-state index in [1.165, 1.54) is 0 Å². The lowest BCUT2D eigenvalue weighted by Gasteiger charge is -2.25. The number of amides is 1. The number of hydrogen-bond acceptors (Lipinski definition) is 5. The maximum atomic E-state index is 12.3. The lowest BCUT2D eigenvalue weighted by molar-refractivity contribution is -0.118. The molecule has 7 nitrogen and oxygen atoms in total. The Labute approximate surface area is 141 Å². The molecule has 1 aromatic carbocycles. The van der Waals surface area contributed by atoms with E-state index in [2.05, 4.69) is 39.2 Å². The third-order valence-corrected chi connectivity index (χ3v) is 3.96. The van der Waals surface area contributed by atoms with Crippen LogP contribution in [0.5, 0.6) is 0 Å². The third-order valence-electron chi connectivity index (χ3n) is 3.96. The molecule has 0 spiro atoms. The molecule has 0 unspecified atom stereocenters. The quantitative estimate of drug-likeness (QED) is 0.875. The number of rotatable bonds is 5. The minimum Gasteiger partial charge on any atom is -0.379 e. The summed E-state index contributed by atoms with van der Waals surface area (Å²) < 4.78 is 5.30. The molecule has 0 bridgehead atoms. The number of morpholine rings is 1. The van der Waals surface area contributed by atoms with Crippen LogP contribution in [-0.4, -0.2) is 58.8 Å². The summed E-state index contributed by atoms with van der Waals surface area (Å²) in [4.78, 5) is 18.9. The lowest BCUT2D eigenvalue weighted by Crippen LogP contribution is -2.41. The SMILES string of the molecule is CC(C)c1nc(-c2ccccc2NC(=O)CN2CCOCC2)n[nH]1. The standard InChI is InChI=1S/C17H23N5O2/c1-12(2)16-19-17(21-20-16)13-5-3-4-6-14(13)18-15(23)11-22-7-9-24-10-8-22/h3-6,12H,7-11H2,1-2H3,(H,18,23)(H,19,20,21). The number of aromatic amines is 1. The average molecular weight is 329 g/mol. The first-order chi connectivity index (χ1) is 11.6. The van der Waals surface area contributed by atoms with Crippen molar-refractivity contribution in [2.24, 2.45) is 0 Å². The number of hydrogen-bond donors (Lipinski definition) is 2. The number of aromatic nitrogens is 3. The minimum atomic E-state index is -0.0380. The normalized spacial score (nSPS) is 15.6.